The van der Waals surface area contributed by atoms with Crippen molar-refractivity contribution in [3.05, 3.63) is 48.0 Å². The molecule has 2 N–H and O–H groups in total. The normalized spacial score (nSPS) is 26.0. The van der Waals surface area contributed by atoms with E-state index in [1.54, 1.807) is 0 Å². The van der Waals surface area contributed by atoms with Crippen LogP contribution in [-0.4, -0.2) is 29.9 Å². The van der Waals surface area contributed by atoms with Crippen LogP contribution < -0.4 is 5.73 Å². The van der Waals surface area contributed by atoms with Crippen LogP contribution in [0.5, 0.6) is 0 Å². The number of hydrogen-bond acceptors (Lipinski definition) is 2. The molecule has 1 saturated carbocycles. The van der Waals surface area contributed by atoms with Crippen molar-refractivity contribution in [1.29, 1.82) is 0 Å². The van der Waals surface area contributed by atoms with Crippen LogP contribution in [0.1, 0.15) is 24.8 Å². The average molecular weight is 345 g/mol. The number of amides is 1. The van der Waals surface area contributed by atoms with E-state index < -0.39 is 0 Å². The van der Waals surface area contributed by atoms with Gasteiger partial charge in [-0.05, 0) is 41.0 Å². The lowest BCUT2D eigenvalue weighted by Crippen LogP contribution is -2.38. The van der Waals surface area contributed by atoms with Gasteiger partial charge in [-0.15, -0.1) is 12.4 Å². The minimum atomic E-state index is 0. The van der Waals surface area contributed by atoms with Crippen molar-refractivity contribution >= 4 is 29.1 Å². The van der Waals surface area contributed by atoms with Crippen LogP contribution in [0.3, 0.4) is 0 Å². The van der Waals surface area contributed by atoms with Crippen LogP contribution in [0.25, 0.3) is 10.8 Å². The predicted molar refractivity (Wildman–Crippen MR) is 100 cm³/mol. The van der Waals surface area contributed by atoms with Crippen LogP contribution >= 0.6 is 12.4 Å². The van der Waals surface area contributed by atoms with Crippen molar-refractivity contribution in [2.75, 3.05) is 13.1 Å². The zero-order chi connectivity index (χ0) is 15.8. The second-order valence-corrected chi connectivity index (χ2v) is 7.18. The maximum atomic E-state index is 12.7. The van der Waals surface area contributed by atoms with Gasteiger partial charge < -0.3 is 10.6 Å². The van der Waals surface area contributed by atoms with E-state index in [4.69, 9.17) is 5.73 Å². The first-order valence-corrected chi connectivity index (χ1v) is 8.72. The second kappa shape index (κ2) is 7.12. The summed E-state index contributed by atoms with van der Waals surface area (Å²) in [6.07, 6.45) is 4.07. The third-order valence-corrected chi connectivity index (χ3v) is 5.68. The number of nitrogens with zero attached hydrogens (tertiary/aromatic N) is 1. The Morgan fingerprint density at radius 3 is 2.67 bits per heavy atom. The van der Waals surface area contributed by atoms with Gasteiger partial charge >= 0.3 is 0 Å². The van der Waals surface area contributed by atoms with Crippen LogP contribution in [0.15, 0.2) is 42.5 Å². The van der Waals surface area contributed by atoms with E-state index in [2.05, 4.69) is 35.2 Å². The molecular formula is C20H25ClN2O. The first-order chi connectivity index (χ1) is 11.2. The lowest BCUT2D eigenvalue weighted by atomic mass is 9.78. The summed E-state index contributed by atoms with van der Waals surface area (Å²) in [7, 11) is 0. The number of carbonyl (C=O) groups is 1. The highest BCUT2D eigenvalue weighted by atomic mass is 35.5. The number of hydrogen-bond donors (Lipinski definition) is 1. The Labute approximate surface area is 149 Å². The topological polar surface area (TPSA) is 46.3 Å². The van der Waals surface area contributed by atoms with Gasteiger partial charge in [0.2, 0.25) is 5.91 Å². The lowest BCUT2D eigenvalue weighted by molar-refractivity contribution is -0.129. The Morgan fingerprint density at radius 1 is 1.08 bits per heavy atom. The van der Waals surface area contributed by atoms with Gasteiger partial charge in [-0.1, -0.05) is 48.9 Å². The van der Waals surface area contributed by atoms with Crippen LogP contribution in [0, 0.1) is 11.8 Å². The van der Waals surface area contributed by atoms with E-state index in [9.17, 15) is 4.79 Å². The van der Waals surface area contributed by atoms with Gasteiger partial charge in [0.25, 0.3) is 0 Å². The molecule has 3 nitrogen and oxygen atoms in total. The quantitative estimate of drug-likeness (QED) is 0.907. The Balaban J connectivity index is 0.00000169. The van der Waals surface area contributed by atoms with E-state index in [-0.39, 0.29) is 24.4 Å². The maximum absolute atomic E-state index is 12.7. The maximum Gasteiger partial charge on any atom is 0.227 e. The minimum absolute atomic E-state index is 0. The predicted octanol–water partition coefficient (Wildman–Crippen LogP) is 3.39. The standard InChI is InChI=1S/C20H24N2O.ClH/c21-19-7-3-6-17-12-22(13-18(17)19)20(23)11-14-8-9-15-4-1-2-5-16(15)10-14;/h1-2,4-5,8-10,17-19H,3,6-7,11-13,21H2;1H. The summed E-state index contributed by atoms with van der Waals surface area (Å²) >= 11 is 0. The number of carbonyl (C=O) groups excluding carboxylic acids is 1. The molecule has 2 aromatic rings. The first-order valence-electron chi connectivity index (χ1n) is 8.72. The number of rotatable bonds is 2. The van der Waals surface area contributed by atoms with E-state index >= 15 is 0 Å². The van der Waals surface area contributed by atoms with Gasteiger partial charge in [-0.3, -0.25) is 4.79 Å². The number of fused-ring (bicyclic) bond motifs is 2. The number of nitrogens with two attached hydrogens (primary N) is 1. The molecule has 4 rings (SSSR count). The largest absolute Gasteiger partial charge is 0.342 e. The molecule has 0 spiro atoms. The number of likely N-dealkylation sites (tertiary alicyclic amines) is 1. The average Bonchev–Trinajstić information content (AvgIpc) is 3.01. The summed E-state index contributed by atoms with van der Waals surface area (Å²) in [5.41, 5.74) is 7.36. The Morgan fingerprint density at radius 2 is 1.88 bits per heavy atom. The smallest absolute Gasteiger partial charge is 0.227 e. The number of halogens is 1. The molecule has 1 aliphatic carbocycles. The monoisotopic (exact) mass is 344 g/mol. The SMILES string of the molecule is Cl.NC1CCCC2CN(C(=O)Cc3ccc4ccccc4c3)CC12. The Kier molecular flexibility index (Phi) is 5.12. The third-order valence-electron chi connectivity index (χ3n) is 5.68. The highest BCUT2D eigenvalue weighted by Gasteiger charge is 2.40. The van der Waals surface area contributed by atoms with Crippen LogP contribution in [-0.2, 0) is 11.2 Å². The fourth-order valence-electron chi connectivity index (χ4n) is 4.36. The van der Waals surface area contributed by atoms with Gasteiger partial charge in [0, 0.05) is 19.1 Å². The summed E-state index contributed by atoms with van der Waals surface area (Å²) < 4.78 is 0. The minimum Gasteiger partial charge on any atom is -0.342 e. The van der Waals surface area contributed by atoms with Gasteiger partial charge in [-0.25, -0.2) is 0 Å². The molecule has 4 heteroatoms. The molecule has 3 unspecified atom stereocenters. The molecule has 128 valence electrons. The van der Waals surface area contributed by atoms with Crippen molar-refractivity contribution in [2.45, 2.75) is 31.7 Å². The zero-order valence-corrected chi connectivity index (χ0v) is 14.7. The van der Waals surface area contributed by atoms with E-state index in [0.29, 0.717) is 18.3 Å². The molecule has 0 radical (unpaired) electrons. The molecular weight excluding hydrogens is 320 g/mol. The van der Waals surface area contributed by atoms with Gasteiger partial charge in [0.1, 0.15) is 0 Å². The summed E-state index contributed by atoms with van der Waals surface area (Å²) in [4.78, 5) is 14.7. The molecule has 1 saturated heterocycles. The van der Waals surface area contributed by atoms with Gasteiger partial charge in [0.15, 0.2) is 0 Å². The van der Waals surface area contributed by atoms with Gasteiger partial charge in [-0.2, -0.15) is 0 Å². The lowest BCUT2D eigenvalue weighted by Gasteiger charge is -2.29. The molecule has 3 atom stereocenters. The fraction of sp³-hybridized carbons (Fsp3) is 0.450. The van der Waals surface area contributed by atoms with E-state index in [1.165, 1.54) is 23.6 Å². The summed E-state index contributed by atoms with van der Waals surface area (Å²) in [5.74, 6) is 1.39. The summed E-state index contributed by atoms with van der Waals surface area (Å²) in [6.45, 7) is 1.77. The third kappa shape index (κ3) is 3.28. The van der Waals surface area contributed by atoms with E-state index in [0.717, 1.165) is 25.1 Å². The van der Waals surface area contributed by atoms with Crippen molar-refractivity contribution in [3.63, 3.8) is 0 Å². The van der Waals surface area contributed by atoms with Crippen molar-refractivity contribution in [1.82, 2.24) is 4.90 Å². The van der Waals surface area contributed by atoms with Gasteiger partial charge in [0.05, 0.1) is 6.42 Å². The fourth-order valence-corrected chi connectivity index (χ4v) is 4.36. The van der Waals surface area contributed by atoms with Crippen molar-refractivity contribution in [2.24, 2.45) is 17.6 Å². The Hall–Kier alpha value is -1.58. The molecule has 0 bridgehead atoms. The zero-order valence-electron chi connectivity index (χ0n) is 13.9. The molecule has 2 aromatic carbocycles. The molecule has 0 aromatic heterocycles. The summed E-state index contributed by atoms with van der Waals surface area (Å²) in [6, 6.07) is 14.9. The second-order valence-electron chi connectivity index (χ2n) is 7.18. The molecule has 1 amide bonds. The van der Waals surface area contributed by atoms with Crippen molar-refractivity contribution in [3.8, 4) is 0 Å². The molecule has 1 aliphatic heterocycles. The van der Waals surface area contributed by atoms with Crippen molar-refractivity contribution < 1.29 is 4.79 Å². The summed E-state index contributed by atoms with van der Waals surface area (Å²) in [5, 5.41) is 2.43. The highest BCUT2D eigenvalue weighted by Crippen LogP contribution is 2.35. The molecule has 24 heavy (non-hydrogen) atoms. The van der Waals surface area contributed by atoms with E-state index in [1.807, 2.05) is 12.1 Å². The first kappa shape index (κ1) is 17.2. The molecule has 1 heterocycles. The number of benzene rings is 2. The molecule has 2 fully saturated rings. The highest BCUT2D eigenvalue weighted by molar-refractivity contribution is 5.86. The molecule has 2 aliphatic rings. The van der Waals surface area contributed by atoms with Crippen LogP contribution in [0.2, 0.25) is 0 Å². The Bertz CT molecular complexity index is 732. The van der Waals surface area contributed by atoms with Crippen LogP contribution in [0.4, 0.5) is 0 Å².